The fourth-order valence-corrected chi connectivity index (χ4v) is 3.44. The zero-order chi connectivity index (χ0) is 13.7. The molecular formula is C14H10FN3OS. The molecule has 3 aromatic rings. The van der Waals surface area contributed by atoms with E-state index >= 15 is 0 Å². The average molecular weight is 287 g/mol. The topological polar surface area (TPSA) is 47.8 Å². The second-order valence-corrected chi connectivity index (χ2v) is 5.75. The number of nitrogens with zero attached hydrogens (tertiary/aromatic N) is 3. The first kappa shape index (κ1) is 11.7. The highest BCUT2D eigenvalue weighted by Crippen LogP contribution is 2.28. The van der Waals surface area contributed by atoms with Crippen molar-refractivity contribution in [2.45, 2.75) is 19.4 Å². The Kier molecular flexibility index (Phi) is 2.47. The summed E-state index contributed by atoms with van der Waals surface area (Å²) < 4.78 is 14.7. The Bertz CT molecular complexity index is 866. The molecule has 4 rings (SSSR count). The molecule has 0 bridgehead atoms. The van der Waals surface area contributed by atoms with Gasteiger partial charge >= 0.3 is 0 Å². The van der Waals surface area contributed by atoms with Gasteiger partial charge < -0.3 is 0 Å². The van der Waals surface area contributed by atoms with E-state index in [-0.39, 0.29) is 11.4 Å². The minimum absolute atomic E-state index is 0.0629. The number of hydrogen-bond acceptors (Lipinski definition) is 4. The predicted octanol–water partition coefficient (Wildman–Crippen LogP) is 2.61. The number of halogens is 1. The molecule has 1 aliphatic heterocycles. The van der Waals surface area contributed by atoms with Gasteiger partial charge in [-0.05, 0) is 30.7 Å². The molecule has 3 heterocycles. The summed E-state index contributed by atoms with van der Waals surface area (Å²) in [5.41, 5.74) is 1.16. The summed E-state index contributed by atoms with van der Waals surface area (Å²) in [6.45, 7) is 0.723. The molecule has 4 nitrogen and oxygen atoms in total. The van der Waals surface area contributed by atoms with E-state index in [2.05, 4.69) is 9.97 Å². The van der Waals surface area contributed by atoms with Gasteiger partial charge in [0.25, 0.3) is 5.56 Å². The summed E-state index contributed by atoms with van der Waals surface area (Å²) in [5, 5.41) is 0.703. The van der Waals surface area contributed by atoms with Gasteiger partial charge in [-0.2, -0.15) is 0 Å². The van der Waals surface area contributed by atoms with Crippen LogP contribution in [0.15, 0.2) is 29.1 Å². The van der Waals surface area contributed by atoms with E-state index < -0.39 is 0 Å². The molecule has 0 amide bonds. The molecule has 0 spiro atoms. The van der Waals surface area contributed by atoms with Gasteiger partial charge in [-0.3, -0.25) is 9.36 Å². The quantitative estimate of drug-likeness (QED) is 0.691. The minimum Gasteiger partial charge on any atom is -0.295 e. The van der Waals surface area contributed by atoms with Crippen LogP contribution in [0.3, 0.4) is 0 Å². The summed E-state index contributed by atoms with van der Waals surface area (Å²) in [7, 11) is 0. The van der Waals surface area contributed by atoms with E-state index in [1.165, 1.54) is 23.5 Å². The third-order valence-electron chi connectivity index (χ3n) is 3.47. The molecule has 1 aliphatic rings. The van der Waals surface area contributed by atoms with Crippen LogP contribution in [-0.2, 0) is 13.0 Å². The zero-order valence-electron chi connectivity index (χ0n) is 10.5. The van der Waals surface area contributed by atoms with Crippen molar-refractivity contribution in [3.8, 4) is 10.6 Å². The molecule has 20 heavy (non-hydrogen) atoms. The van der Waals surface area contributed by atoms with Gasteiger partial charge in [0.05, 0.1) is 0 Å². The summed E-state index contributed by atoms with van der Waals surface area (Å²) in [4.78, 5) is 21.9. The second kappa shape index (κ2) is 4.21. The zero-order valence-corrected chi connectivity index (χ0v) is 11.3. The Labute approximate surface area is 117 Å². The standard InChI is InChI=1S/C14H10FN3OS/c15-9-5-3-8(4-6-9)12-17-11-13(20-12)16-10-2-1-7-18(10)14(11)19/h3-6H,1-2,7H2. The molecule has 1 aromatic carbocycles. The third-order valence-corrected chi connectivity index (χ3v) is 4.47. The van der Waals surface area contributed by atoms with Crippen molar-refractivity contribution in [2.75, 3.05) is 0 Å². The van der Waals surface area contributed by atoms with E-state index in [9.17, 15) is 9.18 Å². The van der Waals surface area contributed by atoms with Crippen molar-refractivity contribution >= 4 is 21.7 Å². The van der Waals surface area contributed by atoms with E-state index in [0.29, 0.717) is 15.4 Å². The first-order valence-corrected chi connectivity index (χ1v) is 7.20. The molecule has 0 aliphatic carbocycles. The summed E-state index contributed by atoms with van der Waals surface area (Å²) in [5.74, 6) is 0.559. The van der Waals surface area contributed by atoms with E-state index in [4.69, 9.17) is 0 Å². The maximum absolute atomic E-state index is 12.9. The lowest BCUT2D eigenvalue weighted by atomic mass is 10.2. The monoisotopic (exact) mass is 287 g/mol. The molecular weight excluding hydrogens is 277 g/mol. The minimum atomic E-state index is -0.285. The summed E-state index contributed by atoms with van der Waals surface area (Å²) >= 11 is 1.38. The highest BCUT2D eigenvalue weighted by atomic mass is 32.1. The van der Waals surface area contributed by atoms with Crippen molar-refractivity contribution in [1.82, 2.24) is 14.5 Å². The molecule has 0 radical (unpaired) electrons. The molecule has 0 saturated heterocycles. The lowest BCUT2D eigenvalue weighted by Crippen LogP contribution is -2.20. The summed E-state index contributed by atoms with van der Waals surface area (Å²) in [6, 6.07) is 6.11. The van der Waals surface area contributed by atoms with Gasteiger partial charge in [-0.15, -0.1) is 0 Å². The van der Waals surface area contributed by atoms with Crippen LogP contribution in [0.2, 0.25) is 0 Å². The van der Waals surface area contributed by atoms with Crippen LogP contribution in [0.4, 0.5) is 4.39 Å². The highest BCUT2D eigenvalue weighted by molar-refractivity contribution is 7.21. The maximum Gasteiger partial charge on any atom is 0.280 e. The van der Waals surface area contributed by atoms with Gasteiger partial charge in [0, 0.05) is 18.5 Å². The van der Waals surface area contributed by atoms with Crippen LogP contribution in [0.1, 0.15) is 12.2 Å². The number of aryl methyl sites for hydroxylation is 1. The number of rotatable bonds is 1. The Balaban J connectivity index is 1.94. The highest BCUT2D eigenvalue weighted by Gasteiger charge is 2.19. The number of thiazole rings is 1. The van der Waals surface area contributed by atoms with Gasteiger partial charge in [0.1, 0.15) is 16.6 Å². The molecule has 100 valence electrons. The number of hydrogen-bond donors (Lipinski definition) is 0. The smallest absolute Gasteiger partial charge is 0.280 e. The Hall–Kier alpha value is -2.08. The average Bonchev–Trinajstić information content (AvgIpc) is 3.06. The van der Waals surface area contributed by atoms with E-state index in [0.717, 1.165) is 30.8 Å². The van der Waals surface area contributed by atoms with E-state index in [1.54, 1.807) is 16.7 Å². The normalized spacial score (nSPS) is 13.8. The number of aromatic nitrogens is 3. The third kappa shape index (κ3) is 1.68. The van der Waals surface area contributed by atoms with Gasteiger partial charge in [0.15, 0.2) is 10.3 Å². The molecule has 0 N–H and O–H groups in total. The van der Waals surface area contributed by atoms with Crippen LogP contribution in [0.5, 0.6) is 0 Å². The van der Waals surface area contributed by atoms with Crippen molar-refractivity contribution in [3.05, 3.63) is 46.3 Å². The molecule has 0 fully saturated rings. The first-order chi connectivity index (χ1) is 9.72. The molecule has 0 saturated carbocycles. The molecule has 6 heteroatoms. The number of benzene rings is 1. The largest absolute Gasteiger partial charge is 0.295 e. The van der Waals surface area contributed by atoms with Crippen LogP contribution in [0.25, 0.3) is 20.9 Å². The lowest BCUT2D eigenvalue weighted by molar-refractivity contribution is 0.628. The van der Waals surface area contributed by atoms with Crippen LogP contribution in [-0.4, -0.2) is 14.5 Å². The van der Waals surface area contributed by atoms with Crippen LogP contribution >= 0.6 is 11.3 Å². The van der Waals surface area contributed by atoms with Crippen LogP contribution < -0.4 is 5.56 Å². The van der Waals surface area contributed by atoms with Crippen LogP contribution in [0, 0.1) is 5.82 Å². The van der Waals surface area contributed by atoms with Gasteiger partial charge in [0.2, 0.25) is 0 Å². The maximum atomic E-state index is 12.9. The predicted molar refractivity (Wildman–Crippen MR) is 75.4 cm³/mol. The Morgan fingerprint density at radius 1 is 1.20 bits per heavy atom. The first-order valence-electron chi connectivity index (χ1n) is 6.38. The molecule has 0 atom stereocenters. The molecule has 2 aromatic heterocycles. The Morgan fingerprint density at radius 3 is 2.80 bits per heavy atom. The van der Waals surface area contributed by atoms with E-state index in [1.807, 2.05) is 0 Å². The number of fused-ring (bicyclic) bond motifs is 2. The van der Waals surface area contributed by atoms with Gasteiger partial charge in [-0.25, -0.2) is 14.4 Å². The van der Waals surface area contributed by atoms with Crippen molar-refractivity contribution in [2.24, 2.45) is 0 Å². The van der Waals surface area contributed by atoms with Gasteiger partial charge in [-0.1, -0.05) is 11.3 Å². The lowest BCUT2D eigenvalue weighted by Gasteiger charge is -1.99. The SMILES string of the molecule is O=c1c2nc(-c3ccc(F)cc3)sc2nc2n1CCC2. The Morgan fingerprint density at radius 2 is 2.00 bits per heavy atom. The fourth-order valence-electron chi connectivity index (χ4n) is 2.48. The second-order valence-electron chi connectivity index (χ2n) is 4.77. The summed E-state index contributed by atoms with van der Waals surface area (Å²) in [6.07, 6.45) is 1.80. The van der Waals surface area contributed by atoms with Crippen molar-refractivity contribution < 1.29 is 4.39 Å². The van der Waals surface area contributed by atoms with Crippen molar-refractivity contribution in [3.63, 3.8) is 0 Å². The molecule has 0 unspecified atom stereocenters. The fraction of sp³-hybridized carbons (Fsp3) is 0.214. The van der Waals surface area contributed by atoms with Crippen molar-refractivity contribution in [1.29, 1.82) is 0 Å².